The molecule has 0 spiro atoms. The van der Waals surface area contributed by atoms with Gasteiger partial charge in [-0.05, 0) is 31.4 Å². The minimum absolute atomic E-state index is 0.0697. The van der Waals surface area contributed by atoms with E-state index in [9.17, 15) is 19.8 Å². The molecular weight excluding hydrogens is 308 g/mol. The van der Waals surface area contributed by atoms with E-state index in [4.69, 9.17) is 0 Å². The predicted molar refractivity (Wildman–Crippen MR) is 92.7 cm³/mol. The van der Waals surface area contributed by atoms with Gasteiger partial charge < -0.3 is 20.8 Å². The van der Waals surface area contributed by atoms with Crippen LogP contribution < -0.4 is 10.6 Å². The zero-order chi connectivity index (χ0) is 17.8. The lowest BCUT2D eigenvalue weighted by atomic mass is 10.1. The summed E-state index contributed by atoms with van der Waals surface area (Å²) in [7, 11) is 0. The second-order valence-corrected chi connectivity index (χ2v) is 5.44. The van der Waals surface area contributed by atoms with Gasteiger partial charge in [0.15, 0.2) is 0 Å². The Morgan fingerprint density at radius 1 is 1.12 bits per heavy atom. The summed E-state index contributed by atoms with van der Waals surface area (Å²) in [6, 6.07) is 6.29. The summed E-state index contributed by atoms with van der Waals surface area (Å²) in [5, 5.41) is 24.8. The standard InChI is InChI=1S/C18H26N2O4/c1-2-3-4-9-17(23)19-12-10-14(21)11-13-20-18(24)15-7-5-6-8-16(15)22/h3-8,14,21-22H,2,9-13H2,1H3,(H,19,23)(H,20,24)/b4-3-. The third-order valence-electron chi connectivity index (χ3n) is 3.42. The van der Waals surface area contributed by atoms with Crippen LogP contribution in [0, 0.1) is 0 Å². The van der Waals surface area contributed by atoms with Crippen LogP contribution in [-0.2, 0) is 4.79 Å². The molecule has 132 valence electrons. The Hall–Kier alpha value is -2.34. The number of aromatic hydroxyl groups is 1. The summed E-state index contributed by atoms with van der Waals surface area (Å²) < 4.78 is 0. The molecule has 0 fully saturated rings. The van der Waals surface area contributed by atoms with Crippen molar-refractivity contribution in [1.82, 2.24) is 10.6 Å². The second kappa shape index (κ2) is 11.2. The zero-order valence-corrected chi connectivity index (χ0v) is 14.0. The highest BCUT2D eigenvalue weighted by molar-refractivity contribution is 5.96. The number of benzene rings is 1. The maximum Gasteiger partial charge on any atom is 0.255 e. The Balaban J connectivity index is 2.17. The van der Waals surface area contributed by atoms with Gasteiger partial charge in [-0.25, -0.2) is 0 Å². The lowest BCUT2D eigenvalue weighted by Gasteiger charge is -2.12. The Labute approximate surface area is 142 Å². The summed E-state index contributed by atoms with van der Waals surface area (Å²) in [4.78, 5) is 23.3. The second-order valence-electron chi connectivity index (χ2n) is 5.44. The number of phenolic OH excluding ortho intramolecular Hbond substituents is 1. The van der Waals surface area contributed by atoms with Gasteiger partial charge in [-0.2, -0.15) is 0 Å². The molecule has 0 aromatic heterocycles. The Kier molecular flexibility index (Phi) is 9.23. The first-order valence-electron chi connectivity index (χ1n) is 8.20. The van der Waals surface area contributed by atoms with Gasteiger partial charge in [-0.15, -0.1) is 0 Å². The number of aliphatic hydroxyl groups is 1. The topological polar surface area (TPSA) is 98.7 Å². The molecule has 0 aliphatic rings. The first-order chi connectivity index (χ1) is 11.5. The molecular formula is C18H26N2O4. The number of aliphatic hydroxyl groups excluding tert-OH is 1. The predicted octanol–water partition coefficient (Wildman–Crippen LogP) is 1.74. The molecule has 0 aliphatic carbocycles. The van der Waals surface area contributed by atoms with Crippen LogP contribution in [0.5, 0.6) is 5.75 Å². The van der Waals surface area contributed by atoms with Crippen molar-refractivity contribution in [3.05, 3.63) is 42.0 Å². The number of nitrogens with one attached hydrogen (secondary N) is 2. The van der Waals surface area contributed by atoms with E-state index in [1.165, 1.54) is 12.1 Å². The van der Waals surface area contributed by atoms with Crippen LogP contribution in [0.1, 0.15) is 43.0 Å². The van der Waals surface area contributed by atoms with Crippen molar-refractivity contribution in [2.75, 3.05) is 13.1 Å². The highest BCUT2D eigenvalue weighted by atomic mass is 16.3. The molecule has 2 amide bonds. The molecule has 0 radical (unpaired) electrons. The SMILES string of the molecule is CC/C=C\CC(=O)NCCC(O)CCNC(=O)c1ccccc1O. The van der Waals surface area contributed by atoms with Gasteiger partial charge in [-0.3, -0.25) is 9.59 Å². The quantitative estimate of drug-likeness (QED) is 0.490. The van der Waals surface area contributed by atoms with Crippen molar-refractivity contribution in [2.45, 2.75) is 38.7 Å². The first-order valence-corrected chi connectivity index (χ1v) is 8.20. The number of rotatable bonds is 10. The van der Waals surface area contributed by atoms with Crippen LogP contribution in [-0.4, -0.2) is 41.2 Å². The van der Waals surface area contributed by atoms with Crippen LogP contribution in [0.2, 0.25) is 0 Å². The fourth-order valence-corrected chi connectivity index (χ4v) is 2.06. The van der Waals surface area contributed by atoms with Crippen LogP contribution in [0.4, 0.5) is 0 Å². The van der Waals surface area contributed by atoms with Gasteiger partial charge in [0.25, 0.3) is 5.91 Å². The largest absolute Gasteiger partial charge is 0.507 e. The smallest absolute Gasteiger partial charge is 0.255 e. The van der Waals surface area contributed by atoms with Gasteiger partial charge in [0.2, 0.25) is 5.91 Å². The number of carbonyl (C=O) groups is 2. The summed E-state index contributed by atoms with van der Waals surface area (Å²) in [5.74, 6) is -0.522. The number of hydrogen-bond acceptors (Lipinski definition) is 4. The van der Waals surface area contributed by atoms with Crippen molar-refractivity contribution in [3.63, 3.8) is 0 Å². The average Bonchev–Trinajstić information content (AvgIpc) is 2.55. The van der Waals surface area contributed by atoms with E-state index in [2.05, 4.69) is 10.6 Å². The molecule has 1 unspecified atom stereocenters. The number of allylic oxidation sites excluding steroid dienone is 1. The van der Waals surface area contributed by atoms with Gasteiger partial charge in [0.1, 0.15) is 5.75 Å². The van der Waals surface area contributed by atoms with Crippen LogP contribution in [0.25, 0.3) is 0 Å². The zero-order valence-electron chi connectivity index (χ0n) is 14.0. The molecule has 1 atom stereocenters. The van der Waals surface area contributed by atoms with Gasteiger partial charge >= 0.3 is 0 Å². The van der Waals surface area contributed by atoms with E-state index in [1.54, 1.807) is 12.1 Å². The molecule has 1 rings (SSSR count). The number of carbonyl (C=O) groups excluding carboxylic acids is 2. The van der Waals surface area contributed by atoms with Gasteiger partial charge in [-0.1, -0.05) is 31.2 Å². The summed E-state index contributed by atoms with van der Waals surface area (Å²) >= 11 is 0. The van der Waals surface area contributed by atoms with Gasteiger partial charge in [0, 0.05) is 19.5 Å². The van der Waals surface area contributed by atoms with Crippen molar-refractivity contribution < 1.29 is 19.8 Å². The fourth-order valence-electron chi connectivity index (χ4n) is 2.06. The Bertz CT molecular complexity index is 558. The molecule has 24 heavy (non-hydrogen) atoms. The van der Waals surface area contributed by atoms with Crippen molar-refractivity contribution in [1.29, 1.82) is 0 Å². The molecule has 1 aromatic rings. The molecule has 0 saturated heterocycles. The van der Waals surface area contributed by atoms with Crippen LogP contribution >= 0.6 is 0 Å². The molecule has 6 nitrogen and oxygen atoms in total. The summed E-state index contributed by atoms with van der Waals surface area (Å²) in [5.41, 5.74) is 0.208. The summed E-state index contributed by atoms with van der Waals surface area (Å²) in [6.07, 6.45) is 5.20. The molecule has 1 aromatic carbocycles. The molecule has 6 heteroatoms. The first kappa shape index (κ1) is 19.7. The molecule has 0 bridgehead atoms. The Morgan fingerprint density at radius 2 is 1.79 bits per heavy atom. The molecule has 0 heterocycles. The average molecular weight is 334 g/mol. The maximum atomic E-state index is 11.9. The van der Waals surface area contributed by atoms with E-state index >= 15 is 0 Å². The summed E-state index contributed by atoms with van der Waals surface area (Å²) in [6.45, 7) is 2.69. The van der Waals surface area contributed by atoms with E-state index in [0.717, 1.165) is 6.42 Å². The van der Waals surface area contributed by atoms with Gasteiger partial charge in [0.05, 0.1) is 11.7 Å². The highest BCUT2D eigenvalue weighted by Crippen LogP contribution is 2.14. The lowest BCUT2D eigenvalue weighted by Crippen LogP contribution is -2.30. The number of amides is 2. The molecule has 0 aliphatic heterocycles. The number of para-hydroxylation sites is 1. The maximum absolute atomic E-state index is 11.9. The Morgan fingerprint density at radius 3 is 2.46 bits per heavy atom. The minimum Gasteiger partial charge on any atom is -0.507 e. The van der Waals surface area contributed by atoms with Crippen molar-refractivity contribution in [2.24, 2.45) is 0 Å². The minimum atomic E-state index is -0.610. The third kappa shape index (κ3) is 7.78. The van der Waals surface area contributed by atoms with Crippen molar-refractivity contribution in [3.8, 4) is 5.75 Å². The van der Waals surface area contributed by atoms with E-state index in [1.807, 2.05) is 19.1 Å². The lowest BCUT2D eigenvalue weighted by molar-refractivity contribution is -0.120. The monoisotopic (exact) mass is 334 g/mol. The van der Waals surface area contributed by atoms with E-state index < -0.39 is 6.10 Å². The molecule has 4 N–H and O–H groups in total. The molecule has 0 saturated carbocycles. The number of hydrogen-bond donors (Lipinski definition) is 4. The normalized spacial score (nSPS) is 12.1. The third-order valence-corrected chi connectivity index (χ3v) is 3.42. The van der Waals surface area contributed by atoms with Crippen LogP contribution in [0.15, 0.2) is 36.4 Å². The van der Waals surface area contributed by atoms with E-state index in [0.29, 0.717) is 32.4 Å². The van der Waals surface area contributed by atoms with Crippen LogP contribution in [0.3, 0.4) is 0 Å². The number of phenols is 1. The highest BCUT2D eigenvalue weighted by Gasteiger charge is 2.11. The van der Waals surface area contributed by atoms with E-state index in [-0.39, 0.29) is 23.1 Å². The fraction of sp³-hybridized carbons (Fsp3) is 0.444. The van der Waals surface area contributed by atoms with Crippen molar-refractivity contribution >= 4 is 11.8 Å².